The summed E-state index contributed by atoms with van der Waals surface area (Å²) in [4.78, 5) is 0. The second-order valence-corrected chi connectivity index (χ2v) is 4.02. The molecule has 0 aromatic heterocycles. The Morgan fingerprint density at radius 3 is 1.55 bits per heavy atom. The number of rotatable bonds is 5. The molecule has 0 aliphatic carbocycles. The fraction of sp³-hybridized carbons (Fsp3) is 1.00. The molecule has 0 aromatic rings. The second-order valence-electron chi connectivity index (χ2n) is 3.21. The summed E-state index contributed by atoms with van der Waals surface area (Å²) in [5.41, 5.74) is 0. The van der Waals surface area contributed by atoms with Crippen molar-refractivity contribution in [2.75, 3.05) is 0 Å². The van der Waals surface area contributed by atoms with Crippen molar-refractivity contribution in [2.45, 2.75) is 52.2 Å². The Labute approximate surface area is 72.7 Å². The van der Waals surface area contributed by atoms with Gasteiger partial charge in [0.05, 0.1) is 12.2 Å². The molecule has 0 rings (SSSR count). The Balaban J connectivity index is 3.58. The van der Waals surface area contributed by atoms with E-state index in [0.717, 1.165) is 16.3 Å². The predicted octanol–water partition coefficient (Wildman–Crippen LogP) is 0.946. The molecule has 0 aliphatic heterocycles. The van der Waals surface area contributed by atoms with Gasteiger partial charge in [-0.1, -0.05) is 0 Å². The summed E-state index contributed by atoms with van der Waals surface area (Å²) < 4.78 is 11.0. The lowest BCUT2D eigenvalue weighted by molar-refractivity contribution is -0.169. The smallest absolute Gasteiger partial charge is 0.155 e. The molecule has 0 unspecified atom stereocenters. The van der Waals surface area contributed by atoms with Crippen molar-refractivity contribution in [1.82, 2.24) is 0 Å². The van der Waals surface area contributed by atoms with Gasteiger partial charge in [-0.05, 0) is 33.7 Å². The summed E-state index contributed by atoms with van der Waals surface area (Å²) >= 11 is 0. The van der Waals surface area contributed by atoms with Crippen LogP contribution in [0.15, 0.2) is 0 Å². The van der Waals surface area contributed by atoms with Crippen molar-refractivity contribution in [2.24, 2.45) is 0 Å². The quantitative estimate of drug-likeness (QED) is 0.458. The molecule has 2 nitrogen and oxygen atoms in total. The van der Waals surface area contributed by atoms with E-state index >= 15 is 0 Å². The topological polar surface area (TPSA) is 18.5 Å². The van der Waals surface area contributed by atoms with Crippen molar-refractivity contribution in [3.8, 4) is 0 Å². The lowest BCUT2D eigenvalue weighted by Gasteiger charge is -2.21. The van der Waals surface area contributed by atoms with E-state index in [1.54, 1.807) is 0 Å². The van der Waals surface area contributed by atoms with Crippen molar-refractivity contribution in [3.05, 3.63) is 0 Å². The molecule has 0 amide bonds. The molecule has 0 saturated heterocycles. The number of hydrogen-bond acceptors (Lipinski definition) is 2. The Hall–Kier alpha value is 0.137. The van der Waals surface area contributed by atoms with Crippen LogP contribution in [0.25, 0.3) is 0 Å². The Morgan fingerprint density at radius 1 is 1.00 bits per heavy atom. The largest absolute Gasteiger partial charge is 0.350 e. The van der Waals surface area contributed by atoms with E-state index in [2.05, 4.69) is 0 Å². The second kappa shape index (κ2) is 5.74. The molecule has 0 N–H and O–H groups in total. The highest BCUT2D eigenvalue weighted by Gasteiger charge is 2.09. The highest BCUT2D eigenvalue weighted by atomic mass is 28.1. The van der Waals surface area contributed by atoms with Gasteiger partial charge in [-0.25, -0.2) is 0 Å². The molecule has 68 valence electrons. The van der Waals surface area contributed by atoms with Gasteiger partial charge < -0.3 is 9.47 Å². The maximum Gasteiger partial charge on any atom is 0.155 e. The maximum atomic E-state index is 5.52. The zero-order valence-corrected chi connectivity index (χ0v) is 10.3. The first kappa shape index (κ1) is 11.1. The maximum absolute atomic E-state index is 5.52. The van der Waals surface area contributed by atoms with Crippen molar-refractivity contribution in [1.29, 1.82) is 0 Å². The monoisotopic (exact) mass is 176 g/mol. The van der Waals surface area contributed by atoms with Gasteiger partial charge in [0, 0.05) is 10.2 Å². The average Bonchev–Trinajstić information content (AvgIpc) is 1.84. The summed E-state index contributed by atoms with van der Waals surface area (Å²) in [6.45, 7) is 8.14. The van der Waals surface area contributed by atoms with Gasteiger partial charge in [-0.15, -0.1) is 0 Å². The first-order chi connectivity index (χ1) is 5.06. The first-order valence-corrected chi connectivity index (χ1v) is 5.78. The van der Waals surface area contributed by atoms with Crippen LogP contribution in [0.4, 0.5) is 0 Å². The van der Waals surface area contributed by atoms with Crippen LogP contribution >= 0.6 is 0 Å². The molecule has 0 saturated carbocycles. The molecule has 0 fully saturated rings. The van der Waals surface area contributed by atoms with Crippen LogP contribution in [-0.2, 0) is 9.47 Å². The molecule has 0 aliphatic rings. The molecule has 0 atom stereocenters. The van der Waals surface area contributed by atoms with E-state index in [9.17, 15) is 0 Å². The van der Waals surface area contributed by atoms with Crippen LogP contribution in [0.3, 0.4) is 0 Å². The third-order valence-corrected chi connectivity index (χ3v) is 1.85. The standard InChI is InChI=1S/C8H20O2Si/c1-6(2)9-8(5-11)10-7(3)4/h6-8H,5H2,1-4,11H3. The van der Waals surface area contributed by atoms with E-state index < -0.39 is 0 Å². The highest BCUT2D eigenvalue weighted by Crippen LogP contribution is 2.06. The summed E-state index contributed by atoms with van der Waals surface area (Å²) in [6, 6.07) is 1.05. The molecule has 0 aromatic carbocycles. The third kappa shape index (κ3) is 6.53. The van der Waals surface area contributed by atoms with Crippen LogP contribution in [0, 0.1) is 0 Å². The zero-order valence-electron chi connectivity index (χ0n) is 8.26. The van der Waals surface area contributed by atoms with Crippen molar-refractivity contribution in [3.63, 3.8) is 0 Å². The van der Waals surface area contributed by atoms with E-state index in [1.807, 2.05) is 27.7 Å². The van der Waals surface area contributed by atoms with Gasteiger partial charge in [0.15, 0.2) is 6.29 Å². The predicted molar refractivity (Wildman–Crippen MR) is 51.0 cm³/mol. The van der Waals surface area contributed by atoms with Gasteiger partial charge in [0.1, 0.15) is 0 Å². The zero-order chi connectivity index (χ0) is 8.85. The Morgan fingerprint density at radius 2 is 1.36 bits per heavy atom. The summed E-state index contributed by atoms with van der Waals surface area (Å²) in [7, 11) is 1.13. The molecule has 11 heavy (non-hydrogen) atoms. The fourth-order valence-corrected chi connectivity index (χ4v) is 1.22. The van der Waals surface area contributed by atoms with Gasteiger partial charge >= 0.3 is 0 Å². The fourth-order valence-electron chi connectivity index (χ4n) is 0.832. The minimum Gasteiger partial charge on any atom is -0.350 e. The van der Waals surface area contributed by atoms with Gasteiger partial charge in [-0.2, -0.15) is 0 Å². The van der Waals surface area contributed by atoms with Gasteiger partial charge in [0.25, 0.3) is 0 Å². The molecule has 0 bridgehead atoms. The minimum atomic E-state index is 0.0293. The lowest BCUT2D eigenvalue weighted by Crippen LogP contribution is -2.23. The molecule has 0 heterocycles. The highest BCUT2D eigenvalue weighted by molar-refractivity contribution is 6.08. The lowest BCUT2D eigenvalue weighted by atomic mass is 10.4. The molecule has 0 spiro atoms. The molecular formula is C8H20O2Si. The van der Waals surface area contributed by atoms with E-state index in [1.165, 1.54) is 0 Å². The van der Waals surface area contributed by atoms with Gasteiger partial charge in [-0.3, -0.25) is 0 Å². The van der Waals surface area contributed by atoms with Crippen molar-refractivity contribution >= 4 is 10.2 Å². The normalized spacial score (nSPS) is 12.3. The van der Waals surface area contributed by atoms with E-state index in [0.29, 0.717) is 0 Å². The molecule has 0 radical (unpaired) electrons. The van der Waals surface area contributed by atoms with Crippen LogP contribution < -0.4 is 0 Å². The van der Waals surface area contributed by atoms with E-state index in [4.69, 9.17) is 9.47 Å². The Bertz CT molecular complexity index is 84.1. The van der Waals surface area contributed by atoms with Crippen LogP contribution in [0.1, 0.15) is 27.7 Å². The summed E-state index contributed by atoms with van der Waals surface area (Å²) in [5.74, 6) is 0. The number of ether oxygens (including phenoxy) is 2. The first-order valence-electron chi connectivity index (χ1n) is 4.37. The third-order valence-electron chi connectivity index (χ3n) is 1.18. The van der Waals surface area contributed by atoms with Crippen LogP contribution in [-0.4, -0.2) is 28.7 Å². The molecule has 3 heteroatoms. The van der Waals surface area contributed by atoms with E-state index in [-0.39, 0.29) is 18.5 Å². The van der Waals surface area contributed by atoms with Crippen molar-refractivity contribution < 1.29 is 9.47 Å². The summed E-state index contributed by atoms with van der Waals surface area (Å²) in [5, 5.41) is 0. The minimum absolute atomic E-state index is 0.0293. The van der Waals surface area contributed by atoms with Crippen LogP contribution in [0.5, 0.6) is 0 Å². The summed E-state index contributed by atoms with van der Waals surface area (Å²) in [6.07, 6.45) is 0.571. The molecular weight excluding hydrogens is 156 g/mol. The Kier molecular flexibility index (Phi) is 5.82. The van der Waals surface area contributed by atoms with Gasteiger partial charge in [0.2, 0.25) is 0 Å². The average molecular weight is 176 g/mol. The number of hydrogen-bond donors (Lipinski definition) is 0. The SMILES string of the molecule is CC(C)OC(C[SiH3])OC(C)C. The van der Waals surface area contributed by atoms with Crippen LogP contribution in [0.2, 0.25) is 6.04 Å².